The van der Waals surface area contributed by atoms with Gasteiger partial charge in [-0.25, -0.2) is 0 Å². The molecule has 28 heavy (non-hydrogen) atoms. The van der Waals surface area contributed by atoms with Gasteiger partial charge < -0.3 is 15.0 Å². The van der Waals surface area contributed by atoms with Gasteiger partial charge in [0.2, 0.25) is 0 Å². The number of hydrogen-bond donors (Lipinski definition) is 2. The van der Waals surface area contributed by atoms with Crippen LogP contribution in [0, 0.1) is 11.8 Å². The van der Waals surface area contributed by atoms with Crippen LogP contribution in [0.4, 0.5) is 0 Å². The fourth-order valence-electron chi connectivity index (χ4n) is 3.68. The van der Waals surface area contributed by atoms with Gasteiger partial charge in [0, 0.05) is 34.3 Å². The second-order valence-electron chi connectivity index (χ2n) is 7.24. The summed E-state index contributed by atoms with van der Waals surface area (Å²) in [6.07, 6.45) is 9.82. The Morgan fingerprint density at radius 1 is 1.21 bits per heavy atom. The average molecular weight is 399 g/mol. The molecule has 4 nitrogen and oxygen atoms in total. The molecule has 1 aromatic carbocycles. The van der Waals surface area contributed by atoms with Crippen LogP contribution in [0.1, 0.15) is 43.1 Å². The summed E-state index contributed by atoms with van der Waals surface area (Å²) in [4.78, 5) is 23.4. The number of unbranched alkanes of at least 4 members (excludes halogenated alkanes) is 2. The molecule has 0 radical (unpaired) electrons. The van der Waals surface area contributed by atoms with Gasteiger partial charge in [-0.1, -0.05) is 42.5 Å². The van der Waals surface area contributed by atoms with E-state index < -0.39 is 12.2 Å². The van der Waals surface area contributed by atoms with Gasteiger partial charge in [0.25, 0.3) is 0 Å². The number of rotatable bonds is 9. The number of carbonyl (C=O) groups excluding carboxylic acids is 2. The fraction of sp³-hybridized carbons (Fsp3) is 0.391. The van der Waals surface area contributed by atoms with Crippen molar-refractivity contribution in [1.29, 1.82) is 0 Å². The van der Waals surface area contributed by atoms with Crippen LogP contribution in [0.2, 0.25) is 0 Å². The number of hydrogen-bond acceptors (Lipinski definition) is 5. The molecule has 3 rings (SSSR count). The third-order valence-corrected chi connectivity index (χ3v) is 6.42. The maximum atomic E-state index is 12.3. The number of thiophene rings is 1. The van der Waals surface area contributed by atoms with Crippen molar-refractivity contribution in [2.24, 2.45) is 11.8 Å². The summed E-state index contributed by atoms with van der Waals surface area (Å²) in [5, 5.41) is 21.9. The molecule has 0 spiro atoms. The van der Waals surface area contributed by atoms with E-state index in [-0.39, 0.29) is 24.0 Å². The first kappa shape index (κ1) is 20.6. The highest BCUT2D eigenvalue weighted by Crippen LogP contribution is 2.35. The molecule has 2 N–H and O–H groups in total. The van der Waals surface area contributed by atoms with Crippen molar-refractivity contribution in [3.63, 3.8) is 0 Å². The van der Waals surface area contributed by atoms with Crippen LogP contribution in [0.3, 0.4) is 0 Å². The van der Waals surface area contributed by atoms with Crippen molar-refractivity contribution in [2.45, 2.75) is 44.3 Å². The summed E-state index contributed by atoms with van der Waals surface area (Å²) < 4.78 is 1.12. The van der Waals surface area contributed by atoms with E-state index in [4.69, 9.17) is 0 Å². The minimum absolute atomic E-state index is 0.0658. The number of aliphatic hydroxyl groups is 2. The van der Waals surface area contributed by atoms with Gasteiger partial charge in [-0.2, -0.15) is 0 Å². The molecule has 4 atom stereocenters. The standard InChI is InChI=1S/C23H26O4S/c24-13-7-3-1-2-4-9-17-18(21(27)15-20(17)26)11-12-19(25)23-14-16-8-5-6-10-22(16)28-23/h2,4-6,8,10-14,17-19,21,25,27H,1,3,7,9,15H2/b4-2-,12-11+/t17-,18-,19-,21-/m1/s1. The Labute approximate surface area is 169 Å². The minimum Gasteiger partial charge on any atom is -0.392 e. The normalized spacial score (nSPS) is 23.9. The van der Waals surface area contributed by atoms with Gasteiger partial charge in [-0.15, -0.1) is 11.3 Å². The van der Waals surface area contributed by atoms with Crippen LogP contribution in [-0.2, 0) is 9.59 Å². The molecule has 0 saturated heterocycles. The SMILES string of the molecule is O=CCCC/C=C\C[C@H]1C(=O)C[C@@H](O)[C@@H]1/C=C/[C@@H](O)c1cc2ccccc2s1. The first-order chi connectivity index (χ1) is 13.6. The Morgan fingerprint density at radius 3 is 2.82 bits per heavy atom. The van der Waals surface area contributed by atoms with Gasteiger partial charge in [0.1, 0.15) is 18.2 Å². The molecule has 1 fully saturated rings. The molecule has 0 bridgehead atoms. The van der Waals surface area contributed by atoms with Gasteiger partial charge in [-0.3, -0.25) is 4.79 Å². The van der Waals surface area contributed by atoms with E-state index in [0.717, 1.165) is 34.1 Å². The van der Waals surface area contributed by atoms with Crippen LogP contribution in [0.25, 0.3) is 10.1 Å². The van der Waals surface area contributed by atoms with E-state index in [1.807, 2.05) is 42.5 Å². The number of allylic oxidation sites excluding steroid dienone is 2. The van der Waals surface area contributed by atoms with E-state index in [0.29, 0.717) is 12.8 Å². The molecule has 148 valence electrons. The second-order valence-corrected chi connectivity index (χ2v) is 8.36. The molecular formula is C23H26O4S. The first-order valence-corrected chi connectivity index (χ1v) is 10.6. The fourth-order valence-corrected chi connectivity index (χ4v) is 4.71. The Bertz CT molecular complexity index is 833. The maximum Gasteiger partial charge on any atom is 0.139 e. The van der Waals surface area contributed by atoms with E-state index in [2.05, 4.69) is 0 Å². The zero-order valence-electron chi connectivity index (χ0n) is 15.7. The highest BCUT2D eigenvalue weighted by Gasteiger charge is 2.39. The van der Waals surface area contributed by atoms with E-state index in [1.54, 1.807) is 23.5 Å². The molecule has 2 aromatic rings. The van der Waals surface area contributed by atoms with Gasteiger partial charge in [0.15, 0.2) is 0 Å². The Balaban J connectivity index is 1.63. The number of carbonyl (C=O) groups is 2. The summed E-state index contributed by atoms with van der Waals surface area (Å²) in [6, 6.07) is 9.96. The molecule has 0 aliphatic heterocycles. The highest BCUT2D eigenvalue weighted by molar-refractivity contribution is 7.19. The number of fused-ring (bicyclic) bond motifs is 1. The summed E-state index contributed by atoms with van der Waals surface area (Å²) in [6.45, 7) is 0. The molecule has 1 aliphatic rings. The molecule has 1 heterocycles. The Kier molecular flexibility index (Phi) is 7.31. The zero-order valence-corrected chi connectivity index (χ0v) is 16.6. The monoisotopic (exact) mass is 398 g/mol. The van der Waals surface area contributed by atoms with Gasteiger partial charge >= 0.3 is 0 Å². The first-order valence-electron chi connectivity index (χ1n) is 9.74. The number of ketones is 1. The van der Waals surface area contributed by atoms with Crippen LogP contribution >= 0.6 is 11.3 Å². The summed E-state index contributed by atoms with van der Waals surface area (Å²) in [5.41, 5.74) is 0. The largest absolute Gasteiger partial charge is 0.392 e. The third kappa shape index (κ3) is 5.04. The van der Waals surface area contributed by atoms with Crippen molar-refractivity contribution in [1.82, 2.24) is 0 Å². The molecule has 0 unspecified atom stereocenters. The van der Waals surface area contributed by atoms with Crippen LogP contribution in [0.5, 0.6) is 0 Å². The Hall–Kier alpha value is -2.08. The van der Waals surface area contributed by atoms with Crippen molar-refractivity contribution < 1.29 is 19.8 Å². The molecule has 5 heteroatoms. The molecular weight excluding hydrogens is 372 g/mol. The lowest BCUT2D eigenvalue weighted by Gasteiger charge is -2.16. The van der Waals surface area contributed by atoms with E-state index in [1.165, 1.54) is 0 Å². The number of aliphatic hydroxyl groups excluding tert-OH is 2. The maximum absolute atomic E-state index is 12.3. The topological polar surface area (TPSA) is 74.6 Å². The lowest BCUT2D eigenvalue weighted by Crippen LogP contribution is -2.18. The number of benzene rings is 1. The summed E-state index contributed by atoms with van der Waals surface area (Å²) in [5.74, 6) is -0.477. The summed E-state index contributed by atoms with van der Waals surface area (Å²) >= 11 is 1.55. The number of Topliss-reactive ketones (excluding diaryl/α,β-unsaturated/α-hetero) is 1. The van der Waals surface area contributed by atoms with E-state index >= 15 is 0 Å². The quantitative estimate of drug-likeness (QED) is 0.374. The van der Waals surface area contributed by atoms with Gasteiger partial charge in [0.05, 0.1) is 6.10 Å². The molecule has 1 saturated carbocycles. The van der Waals surface area contributed by atoms with Crippen molar-refractivity contribution in [3.8, 4) is 0 Å². The molecule has 1 aliphatic carbocycles. The lowest BCUT2D eigenvalue weighted by molar-refractivity contribution is -0.121. The predicted octanol–water partition coefficient (Wildman–Crippen LogP) is 4.37. The lowest BCUT2D eigenvalue weighted by atomic mass is 9.90. The second kappa shape index (κ2) is 9.92. The molecule has 1 aromatic heterocycles. The van der Waals surface area contributed by atoms with E-state index in [9.17, 15) is 19.8 Å². The number of aldehydes is 1. The predicted molar refractivity (Wildman–Crippen MR) is 112 cm³/mol. The Morgan fingerprint density at radius 2 is 2.04 bits per heavy atom. The third-order valence-electron chi connectivity index (χ3n) is 5.23. The molecule has 0 amide bonds. The van der Waals surface area contributed by atoms with Crippen molar-refractivity contribution in [3.05, 3.63) is 59.5 Å². The van der Waals surface area contributed by atoms with Crippen molar-refractivity contribution >= 4 is 33.5 Å². The van der Waals surface area contributed by atoms with Crippen LogP contribution < -0.4 is 0 Å². The van der Waals surface area contributed by atoms with Crippen LogP contribution in [-0.4, -0.2) is 28.4 Å². The van der Waals surface area contributed by atoms with Crippen molar-refractivity contribution in [2.75, 3.05) is 0 Å². The van der Waals surface area contributed by atoms with Crippen LogP contribution in [0.15, 0.2) is 54.6 Å². The van der Waals surface area contributed by atoms with Gasteiger partial charge in [-0.05, 0) is 36.8 Å². The smallest absolute Gasteiger partial charge is 0.139 e. The minimum atomic E-state index is -0.750. The highest BCUT2D eigenvalue weighted by atomic mass is 32.1. The zero-order chi connectivity index (χ0) is 19.9. The summed E-state index contributed by atoms with van der Waals surface area (Å²) in [7, 11) is 0. The average Bonchev–Trinajstić information content (AvgIpc) is 3.23.